The Morgan fingerprint density at radius 2 is 1.68 bits per heavy atom. The molecule has 0 aliphatic carbocycles. The summed E-state index contributed by atoms with van der Waals surface area (Å²) in [6, 6.07) is 8.50. The lowest BCUT2D eigenvalue weighted by Crippen LogP contribution is -2.25. The SMILES string of the molecule is CCn1c(C)c(-c2ccc(Cl)c([N+](=O)[O-])c2)c(=O)c(C(=O)O)c1-c1ccc(Cl)c(Cl)c1. The van der Waals surface area contributed by atoms with Crippen molar-refractivity contribution in [3.63, 3.8) is 0 Å². The smallest absolute Gasteiger partial charge is 0.341 e. The molecule has 1 heterocycles. The van der Waals surface area contributed by atoms with Crippen molar-refractivity contribution < 1.29 is 14.8 Å². The number of benzene rings is 2. The van der Waals surface area contributed by atoms with Crippen LogP contribution in [0.3, 0.4) is 0 Å². The molecule has 0 fully saturated rings. The van der Waals surface area contributed by atoms with E-state index in [0.29, 0.717) is 17.8 Å². The molecule has 10 heteroatoms. The van der Waals surface area contributed by atoms with Crippen LogP contribution in [-0.2, 0) is 6.54 Å². The summed E-state index contributed by atoms with van der Waals surface area (Å²) in [5, 5.41) is 21.6. The Hall–Kier alpha value is -2.87. The molecule has 3 rings (SSSR count). The van der Waals surface area contributed by atoms with Gasteiger partial charge in [-0.2, -0.15) is 0 Å². The number of carboxylic acid groups (broad SMARTS) is 1. The van der Waals surface area contributed by atoms with Crippen molar-refractivity contribution in [3.8, 4) is 22.4 Å². The molecule has 3 aromatic rings. The molecule has 2 aromatic carbocycles. The first-order valence-corrected chi connectivity index (χ1v) is 10.1. The van der Waals surface area contributed by atoms with E-state index in [2.05, 4.69) is 0 Å². The molecule has 0 aliphatic heterocycles. The van der Waals surface area contributed by atoms with Gasteiger partial charge < -0.3 is 9.67 Å². The number of halogens is 3. The van der Waals surface area contributed by atoms with Crippen molar-refractivity contribution in [1.82, 2.24) is 4.57 Å². The van der Waals surface area contributed by atoms with E-state index in [-0.39, 0.29) is 37.6 Å². The Kier molecular flexibility index (Phi) is 6.40. The van der Waals surface area contributed by atoms with Gasteiger partial charge in [0.25, 0.3) is 5.69 Å². The molecule has 0 aliphatic rings. The van der Waals surface area contributed by atoms with Crippen LogP contribution in [-0.4, -0.2) is 20.6 Å². The van der Waals surface area contributed by atoms with Crippen LogP contribution < -0.4 is 5.43 Å². The largest absolute Gasteiger partial charge is 0.477 e. The number of carboxylic acids is 1. The minimum atomic E-state index is -1.43. The van der Waals surface area contributed by atoms with Gasteiger partial charge in [-0.25, -0.2) is 4.79 Å². The van der Waals surface area contributed by atoms with Crippen molar-refractivity contribution >= 4 is 46.5 Å². The summed E-state index contributed by atoms with van der Waals surface area (Å²) in [6.45, 7) is 3.76. The fourth-order valence-corrected chi connectivity index (χ4v) is 4.00. The summed E-state index contributed by atoms with van der Waals surface area (Å²) in [6.07, 6.45) is 0. The number of nitrogens with zero attached hydrogens (tertiary/aromatic N) is 2. The fourth-order valence-electron chi connectivity index (χ4n) is 3.52. The van der Waals surface area contributed by atoms with Gasteiger partial charge in [-0.3, -0.25) is 14.9 Å². The number of pyridine rings is 1. The van der Waals surface area contributed by atoms with E-state index < -0.39 is 21.9 Å². The van der Waals surface area contributed by atoms with Gasteiger partial charge in [-0.05, 0) is 37.6 Å². The first kappa shape index (κ1) is 22.8. The zero-order valence-electron chi connectivity index (χ0n) is 16.3. The molecule has 0 amide bonds. The predicted octanol–water partition coefficient (Wildman–Crippen LogP) is 6.08. The highest BCUT2D eigenvalue weighted by atomic mass is 35.5. The standard InChI is InChI=1S/C21H15Cl3N2O5/c1-3-25-10(2)17(11-4-7-14(23)16(9-11)26(30)31)20(27)18(21(28)29)19(25)12-5-6-13(22)15(24)8-12/h4-9H,3H2,1-2H3,(H,28,29). The average molecular weight is 482 g/mol. The third-order valence-electron chi connectivity index (χ3n) is 4.88. The molecule has 1 N–H and O–H groups in total. The van der Waals surface area contributed by atoms with Gasteiger partial charge in [0.2, 0.25) is 5.43 Å². The maximum atomic E-state index is 13.4. The Labute approximate surface area is 191 Å². The Morgan fingerprint density at radius 3 is 2.23 bits per heavy atom. The van der Waals surface area contributed by atoms with Crippen LogP contribution in [0.2, 0.25) is 15.1 Å². The normalized spacial score (nSPS) is 10.9. The first-order valence-electron chi connectivity index (χ1n) is 8.98. The maximum absolute atomic E-state index is 13.4. The lowest BCUT2D eigenvalue weighted by molar-refractivity contribution is -0.384. The van der Waals surface area contributed by atoms with Crippen LogP contribution in [0.5, 0.6) is 0 Å². The number of aromatic nitrogens is 1. The zero-order chi connectivity index (χ0) is 23.0. The third kappa shape index (κ3) is 4.04. The second-order valence-corrected chi connectivity index (χ2v) is 7.84. The highest BCUT2D eigenvalue weighted by molar-refractivity contribution is 6.42. The zero-order valence-corrected chi connectivity index (χ0v) is 18.5. The predicted molar refractivity (Wildman–Crippen MR) is 121 cm³/mol. The molecule has 0 saturated heterocycles. The fraction of sp³-hybridized carbons (Fsp3) is 0.143. The van der Waals surface area contributed by atoms with E-state index in [9.17, 15) is 24.8 Å². The number of nitro groups is 1. The summed E-state index contributed by atoms with van der Waals surface area (Å²) in [4.78, 5) is 36.1. The molecule has 1 aromatic heterocycles. The highest BCUT2D eigenvalue weighted by Gasteiger charge is 2.27. The quantitative estimate of drug-likeness (QED) is 0.351. The van der Waals surface area contributed by atoms with Crippen LogP contribution in [0.1, 0.15) is 23.0 Å². The molecule has 0 bridgehead atoms. The van der Waals surface area contributed by atoms with E-state index >= 15 is 0 Å². The summed E-state index contributed by atoms with van der Waals surface area (Å²) < 4.78 is 1.65. The number of carbonyl (C=O) groups is 1. The molecule has 0 radical (unpaired) electrons. The van der Waals surface area contributed by atoms with Gasteiger partial charge in [-0.15, -0.1) is 0 Å². The second-order valence-electron chi connectivity index (χ2n) is 6.61. The van der Waals surface area contributed by atoms with Crippen LogP contribution in [0.4, 0.5) is 5.69 Å². The first-order chi connectivity index (χ1) is 14.6. The molecular weight excluding hydrogens is 467 g/mol. The van der Waals surface area contributed by atoms with Gasteiger partial charge in [0.05, 0.1) is 20.7 Å². The van der Waals surface area contributed by atoms with Crippen LogP contribution in [0, 0.1) is 17.0 Å². The van der Waals surface area contributed by atoms with E-state index in [0.717, 1.165) is 6.07 Å². The maximum Gasteiger partial charge on any atom is 0.341 e. The summed E-state index contributed by atoms with van der Waals surface area (Å²) >= 11 is 18.0. The number of rotatable bonds is 5. The molecule has 0 spiro atoms. The number of nitro benzene ring substituents is 1. The minimum Gasteiger partial charge on any atom is -0.477 e. The topological polar surface area (TPSA) is 102 Å². The van der Waals surface area contributed by atoms with E-state index in [1.165, 1.54) is 24.3 Å². The highest BCUT2D eigenvalue weighted by Crippen LogP contribution is 2.35. The van der Waals surface area contributed by atoms with Crippen LogP contribution in [0.15, 0.2) is 41.2 Å². The van der Waals surface area contributed by atoms with Gasteiger partial charge in [0, 0.05) is 29.4 Å². The van der Waals surface area contributed by atoms with Crippen LogP contribution >= 0.6 is 34.8 Å². The van der Waals surface area contributed by atoms with Crippen molar-refractivity contribution in [1.29, 1.82) is 0 Å². The monoisotopic (exact) mass is 480 g/mol. The van der Waals surface area contributed by atoms with E-state index in [4.69, 9.17) is 34.8 Å². The molecule has 7 nitrogen and oxygen atoms in total. The lowest BCUT2D eigenvalue weighted by Gasteiger charge is -2.21. The van der Waals surface area contributed by atoms with Crippen molar-refractivity contribution in [2.24, 2.45) is 0 Å². The Bertz CT molecular complexity index is 1300. The second kappa shape index (κ2) is 8.70. The molecule has 0 saturated carbocycles. The van der Waals surface area contributed by atoms with Gasteiger partial charge in [-0.1, -0.05) is 46.9 Å². The molecule has 31 heavy (non-hydrogen) atoms. The number of hydrogen-bond donors (Lipinski definition) is 1. The molecule has 0 unspecified atom stereocenters. The summed E-state index contributed by atoms with van der Waals surface area (Å²) in [7, 11) is 0. The van der Waals surface area contributed by atoms with Crippen molar-refractivity contribution in [3.05, 3.63) is 83.1 Å². The van der Waals surface area contributed by atoms with Crippen molar-refractivity contribution in [2.45, 2.75) is 20.4 Å². The van der Waals surface area contributed by atoms with Gasteiger partial charge in [0.15, 0.2) is 0 Å². The minimum absolute atomic E-state index is 0.0443. The molecular formula is C21H15Cl3N2O5. The number of aromatic carboxylic acids is 1. The summed E-state index contributed by atoms with van der Waals surface area (Å²) in [5.41, 5.74) is -0.370. The summed E-state index contributed by atoms with van der Waals surface area (Å²) in [5.74, 6) is -1.43. The third-order valence-corrected chi connectivity index (χ3v) is 5.94. The Morgan fingerprint density at radius 1 is 1.06 bits per heavy atom. The van der Waals surface area contributed by atoms with E-state index in [1.807, 2.05) is 0 Å². The van der Waals surface area contributed by atoms with Crippen molar-refractivity contribution in [2.75, 3.05) is 0 Å². The molecule has 160 valence electrons. The van der Waals surface area contributed by atoms with Crippen LogP contribution in [0.25, 0.3) is 22.4 Å². The van der Waals surface area contributed by atoms with Gasteiger partial charge >= 0.3 is 5.97 Å². The lowest BCUT2D eigenvalue weighted by atomic mass is 9.96. The average Bonchev–Trinajstić information content (AvgIpc) is 2.70. The van der Waals surface area contributed by atoms with Gasteiger partial charge in [0.1, 0.15) is 10.6 Å². The van der Waals surface area contributed by atoms with E-state index in [1.54, 1.807) is 24.5 Å². The molecule has 0 atom stereocenters. The number of hydrogen-bond acceptors (Lipinski definition) is 4. The Balaban J connectivity index is 2.45.